The van der Waals surface area contributed by atoms with E-state index in [9.17, 15) is 14.0 Å². The number of nitrogens with zero attached hydrogens (tertiary/aromatic N) is 3. The zero-order valence-corrected chi connectivity index (χ0v) is 21.6. The van der Waals surface area contributed by atoms with Gasteiger partial charge in [-0.15, -0.1) is 0 Å². The lowest BCUT2D eigenvalue weighted by Crippen LogP contribution is -2.55. The molecule has 3 atom stereocenters. The van der Waals surface area contributed by atoms with Crippen LogP contribution in [0.1, 0.15) is 63.5 Å². The minimum atomic E-state index is -0.562. The Morgan fingerprint density at radius 1 is 1.11 bits per heavy atom. The summed E-state index contributed by atoms with van der Waals surface area (Å²) in [6.07, 6.45) is 6.76. The summed E-state index contributed by atoms with van der Waals surface area (Å²) in [5.74, 6) is 6.52. The highest BCUT2D eigenvalue weighted by molar-refractivity contribution is 5.90. The molecule has 6 N–H and O–H groups in total. The van der Waals surface area contributed by atoms with Gasteiger partial charge in [-0.1, -0.05) is 19.3 Å². The van der Waals surface area contributed by atoms with Gasteiger partial charge in [-0.2, -0.15) is 0 Å². The number of carbonyl (C=O) groups is 2. The number of nitrogens with two attached hydrogens (primary N) is 2. The van der Waals surface area contributed by atoms with Crippen molar-refractivity contribution in [2.45, 2.75) is 70.0 Å². The van der Waals surface area contributed by atoms with E-state index in [4.69, 9.17) is 11.6 Å². The first-order chi connectivity index (χ1) is 17.8. The van der Waals surface area contributed by atoms with Crippen molar-refractivity contribution in [3.8, 4) is 0 Å². The highest BCUT2D eigenvalue weighted by Crippen LogP contribution is 2.37. The van der Waals surface area contributed by atoms with Crippen molar-refractivity contribution >= 4 is 29.1 Å². The second-order valence-electron chi connectivity index (χ2n) is 10.1. The molecule has 200 valence electrons. The van der Waals surface area contributed by atoms with E-state index in [0.29, 0.717) is 18.1 Å². The number of nitrogens with one attached hydrogen (secondary N) is 2. The fraction of sp³-hybridized carbons (Fsp3) is 0.519. The zero-order chi connectivity index (χ0) is 26.5. The van der Waals surface area contributed by atoms with Crippen molar-refractivity contribution in [2.24, 2.45) is 11.8 Å². The molecule has 1 saturated heterocycles. The third kappa shape index (κ3) is 6.19. The number of benzene rings is 1. The number of pyridine rings is 1. The van der Waals surface area contributed by atoms with Gasteiger partial charge in [0.05, 0.1) is 17.8 Å². The average molecular weight is 512 g/mol. The van der Waals surface area contributed by atoms with Crippen LogP contribution in [0.25, 0.3) is 0 Å². The summed E-state index contributed by atoms with van der Waals surface area (Å²) < 4.78 is 13.4. The number of hydrogen-bond acceptors (Lipinski definition) is 7. The van der Waals surface area contributed by atoms with Gasteiger partial charge in [0, 0.05) is 6.54 Å². The fourth-order valence-electron chi connectivity index (χ4n) is 5.42. The number of rotatable bonds is 8. The SMILES string of the molecule is CN[C@@H](C)C(=O)N[C@H](C(=O)N1CCC[C@H]1c1cc(N)nc(N(N)c2ccc(F)cc2)c1)C1CCCCC1. The molecular formula is C27H38FN7O2. The molecule has 1 aliphatic heterocycles. The molecule has 4 rings (SSSR count). The lowest BCUT2D eigenvalue weighted by Gasteiger charge is -2.35. The summed E-state index contributed by atoms with van der Waals surface area (Å²) in [5.41, 5.74) is 7.55. The molecular weight excluding hydrogens is 473 g/mol. The number of nitrogen functional groups attached to an aromatic ring is 1. The molecule has 2 heterocycles. The van der Waals surface area contributed by atoms with E-state index in [-0.39, 0.29) is 35.4 Å². The van der Waals surface area contributed by atoms with E-state index in [2.05, 4.69) is 15.6 Å². The van der Waals surface area contributed by atoms with Gasteiger partial charge in [-0.3, -0.25) is 14.6 Å². The predicted molar refractivity (Wildman–Crippen MR) is 142 cm³/mol. The molecule has 1 aromatic heterocycles. The average Bonchev–Trinajstić information content (AvgIpc) is 3.41. The first-order valence-electron chi connectivity index (χ1n) is 13.1. The summed E-state index contributed by atoms with van der Waals surface area (Å²) in [6, 6.07) is 8.23. The third-order valence-electron chi connectivity index (χ3n) is 7.64. The molecule has 2 fully saturated rings. The Morgan fingerprint density at radius 3 is 2.49 bits per heavy atom. The molecule has 2 aliphatic rings. The quantitative estimate of drug-likeness (QED) is 0.316. The van der Waals surface area contributed by atoms with Crippen LogP contribution < -0.4 is 27.2 Å². The Balaban J connectivity index is 1.60. The summed E-state index contributed by atoms with van der Waals surface area (Å²) in [4.78, 5) is 33.1. The third-order valence-corrected chi connectivity index (χ3v) is 7.64. The first-order valence-corrected chi connectivity index (χ1v) is 13.1. The van der Waals surface area contributed by atoms with Crippen molar-refractivity contribution in [3.63, 3.8) is 0 Å². The maximum absolute atomic E-state index is 14.0. The lowest BCUT2D eigenvalue weighted by molar-refractivity contribution is -0.139. The van der Waals surface area contributed by atoms with Gasteiger partial charge in [0.1, 0.15) is 23.5 Å². The van der Waals surface area contributed by atoms with Gasteiger partial charge < -0.3 is 21.3 Å². The summed E-state index contributed by atoms with van der Waals surface area (Å²) in [6.45, 7) is 2.39. The van der Waals surface area contributed by atoms with Gasteiger partial charge in [0.2, 0.25) is 11.8 Å². The molecule has 0 radical (unpaired) electrons. The standard InChI is InChI=1S/C27H38FN7O2/c1-17(31-2)26(36)33-25(18-7-4-3-5-8-18)27(37)34-14-6-9-22(34)19-15-23(29)32-24(16-19)35(30)21-12-10-20(28)11-13-21/h10-13,15-18,22,25,31H,3-9,14,30H2,1-2H3,(H2,29,32)(H,33,36)/t17-,22-,25-/m0/s1. The number of carbonyl (C=O) groups excluding carboxylic acids is 2. The van der Waals surface area contributed by atoms with Crippen molar-refractivity contribution in [1.29, 1.82) is 0 Å². The molecule has 1 aromatic carbocycles. The molecule has 1 aliphatic carbocycles. The smallest absolute Gasteiger partial charge is 0.245 e. The maximum atomic E-state index is 14.0. The fourth-order valence-corrected chi connectivity index (χ4v) is 5.42. The molecule has 1 saturated carbocycles. The van der Waals surface area contributed by atoms with Crippen LogP contribution in [0.4, 0.5) is 21.7 Å². The Morgan fingerprint density at radius 2 is 1.81 bits per heavy atom. The van der Waals surface area contributed by atoms with E-state index in [1.54, 1.807) is 32.2 Å². The topological polar surface area (TPSA) is 130 Å². The minimum absolute atomic E-state index is 0.0499. The number of halogens is 1. The molecule has 2 amide bonds. The number of hydrogen-bond donors (Lipinski definition) is 4. The molecule has 10 heteroatoms. The van der Waals surface area contributed by atoms with Crippen LogP contribution in [-0.4, -0.2) is 47.4 Å². The molecule has 0 unspecified atom stereocenters. The molecule has 37 heavy (non-hydrogen) atoms. The Labute approximate surface area is 217 Å². The number of likely N-dealkylation sites (N-methyl/N-ethyl adjacent to an activating group) is 1. The van der Waals surface area contributed by atoms with Gasteiger partial charge in [-0.25, -0.2) is 15.2 Å². The molecule has 0 bridgehead atoms. The molecule has 9 nitrogen and oxygen atoms in total. The second kappa shape index (κ2) is 11.9. The van der Waals surface area contributed by atoms with Gasteiger partial charge >= 0.3 is 0 Å². The lowest BCUT2D eigenvalue weighted by atomic mass is 9.83. The number of aromatic nitrogens is 1. The van der Waals surface area contributed by atoms with Crippen LogP contribution in [-0.2, 0) is 9.59 Å². The van der Waals surface area contributed by atoms with Crippen LogP contribution in [0.3, 0.4) is 0 Å². The summed E-state index contributed by atoms with van der Waals surface area (Å²) in [7, 11) is 1.73. The van der Waals surface area contributed by atoms with Crippen LogP contribution in [0.2, 0.25) is 0 Å². The van der Waals surface area contributed by atoms with Crippen molar-refractivity contribution in [2.75, 3.05) is 24.3 Å². The van der Waals surface area contributed by atoms with Crippen molar-refractivity contribution in [1.82, 2.24) is 20.5 Å². The second-order valence-corrected chi connectivity index (χ2v) is 10.1. The number of hydrazine groups is 1. The van der Waals surface area contributed by atoms with Crippen LogP contribution >= 0.6 is 0 Å². The van der Waals surface area contributed by atoms with E-state index >= 15 is 0 Å². The minimum Gasteiger partial charge on any atom is -0.384 e. The van der Waals surface area contributed by atoms with E-state index in [1.807, 2.05) is 11.0 Å². The van der Waals surface area contributed by atoms with Gasteiger partial charge in [0.25, 0.3) is 0 Å². The summed E-state index contributed by atoms with van der Waals surface area (Å²) in [5, 5.41) is 7.38. The molecule has 0 spiro atoms. The Bertz CT molecular complexity index is 1090. The first kappa shape index (κ1) is 26.8. The number of anilines is 3. The monoisotopic (exact) mass is 511 g/mol. The van der Waals surface area contributed by atoms with E-state index < -0.39 is 12.1 Å². The normalized spacial score (nSPS) is 19.9. The Kier molecular flexibility index (Phi) is 8.60. The van der Waals surface area contributed by atoms with Gasteiger partial charge in [0.15, 0.2) is 0 Å². The van der Waals surface area contributed by atoms with Crippen LogP contribution in [0.15, 0.2) is 36.4 Å². The molecule has 2 aromatic rings. The van der Waals surface area contributed by atoms with E-state index in [0.717, 1.165) is 50.5 Å². The van der Waals surface area contributed by atoms with Crippen LogP contribution in [0.5, 0.6) is 0 Å². The van der Waals surface area contributed by atoms with Crippen LogP contribution in [0, 0.1) is 11.7 Å². The number of amides is 2. The van der Waals surface area contributed by atoms with Crippen molar-refractivity contribution in [3.05, 3.63) is 47.8 Å². The predicted octanol–water partition coefficient (Wildman–Crippen LogP) is 3.15. The highest BCUT2D eigenvalue weighted by atomic mass is 19.1. The maximum Gasteiger partial charge on any atom is 0.245 e. The van der Waals surface area contributed by atoms with E-state index in [1.165, 1.54) is 17.1 Å². The van der Waals surface area contributed by atoms with Crippen molar-refractivity contribution < 1.29 is 14.0 Å². The Hall–Kier alpha value is -3.24. The summed E-state index contributed by atoms with van der Waals surface area (Å²) >= 11 is 0. The zero-order valence-electron chi connectivity index (χ0n) is 21.6. The highest BCUT2D eigenvalue weighted by Gasteiger charge is 2.39. The van der Waals surface area contributed by atoms with Gasteiger partial charge in [-0.05, 0) is 87.5 Å². The number of likely N-dealkylation sites (tertiary alicyclic amines) is 1. The largest absolute Gasteiger partial charge is 0.384 e.